The minimum Gasteiger partial charge on any atom is -0.378 e. The number of rotatable bonds is 6. The number of carbonyl (C=O) groups excluding carboxylic acids is 2. The number of fused-ring (bicyclic) bond motifs is 1. The van der Waals surface area contributed by atoms with Crippen LogP contribution in [0.25, 0.3) is 33.5 Å². The summed E-state index contributed by atoms with van der Waals surface area (Å²) in [6.07, 6.45) is 1.77. The molecule has 0 radical (unpaired) electrons. The minimum atomic E-state index is -0.718. The van der Waals surface area contributed by atoms with Gasteiger partial charge in [-0.05, 0) is 66.7 Å². The monoisotopic (exact) mass is 591 g/mol. The predicted octanol–water partition coefficient (Wildman–Crippen LogP) is 5.68. The Morgan fingerprint density at radius 1 is 0.864 bits per heavy atom. The Morgan fingerprint density at radius 3 is 2.30 bits per heavy atom. The summed E-state index contributed by atoms with van der Waals surface area (Å²) in [6, 6.07) is 22.5. The summed E-state index contributed by atoms with van der Waals surface area (Å²) in [6.45, 7) is 2.70. The number of carbonyl (C=O) groups is 2. The van der Waals surface area contributed by atoms with Crippen LogP contribution in [0.3, 0.4) is 0 Å². The summed E-state index contributed by atoms with van der Waals surface area (Å²) < 4.78 is 20.0. The van der Waals surface area contributed by atoms with Crippen molar-refractivity contribution in [1.29, 1.82) is 0 Å². The molecule has 0 bridgehead atoms. The highest BCUT2D eigenvalue weighted by atomic mass is 19.1. The normalized spacial score (nSPS) is 13.0. The van der Waals surface area contributed by atoms with Crippen LogP contribution >= 0.6 is 0 Å². The smallest absolute Gasteiger partial charge is 0.323 e. The van der Waals surface area contributed by atoms with Crippen molar-refractivity contribution in [3.8, 4) is 22.6 Å². The summed E-state index contributed by atoms with van der Waals surface area (Å²) in [5.74, 6) is 0.216. The number of anilines is 3. The second kappa shape index (κ2) is 12.4. The van der Waals surface area contributed by atoms with Crippen LogP contribution in [0.2, 0.25) is 0 Å². The average Bonchev–Trinajstić information content (AvgIpc) is 3.05. The number of ether oxygens (including phenoxy) is 1. The van der Waals surface area contributed by atoms with Crippen LogP contribution in [-0.2, 0) is 4.74 Å². The Kier molecular flexibility index (Phi) is 8.11. The largest absolute Gasteiger partial charge is 0.378 e. The Labute approximate surface area is 253 Å². The molecular formula is C33H30FN7O3. The van der Waals surface area contributed by atoms with Crippen LogP contribution < -0.4 is 15.5 Å². The van der Waals surface area contributed by atoms with Crippen molar-refractivity contribution < 1.29 is 18.7 Å². The van der Waals surface area contributed by atoms with Crippen LogP contribution in [0.15, 0.2) is 85.1 Å². The molecule has 1 aliphatic rings. The third-order valence-corrected chi connectivity index (χ3v) is 7.21. The van der Waals surface area contributed by atoms with E-state index < -0.39 is 17.8 Å². The first-order valence-electron chi connectivity index (χ1n) is 14.1. The molecule has 2 aromatic heterocycles. The van der Waals surface area contributed by atoms with Gasteiger partial charge in [0.2, 0.25) is 0 Å². The van der Waals surface area contributed by atoms with Crippen LogP contribution in [-0.4, -0.2) is 72.2 Å². The molecule has 0 spiro atoms. The number of halogens is 1. The number of hydrogen-bond donors (Lipinski definition) is 2. The van der Waals surface area contributed by atoms with Crippen molar-refractivity contribution in [2.45, 2.75) is 0 Å². The van der Waals surface area contributed by atoms with Crippen LogP contribution in [0, 0.1) is 5.82 Å². The molecule has 0 aliphatic carbocycles. The third kappa shape index (κ3) is 6.18. The summed E-state index contributed by atoms with van der Waals surface area (Å²) >= 11 is 0. The molecule has 0 atom stereocenters. The number of morpholine rings is 1. The van der Waals surface area contributed by atoms with Gasteiger partial charge in [0.25, 0.3) is 5.91 Å². The number of nitrogens with one attached hydrogen (secondary N) is 2. The van der Waals surface area contributed by atoms with Crippen LogP contribution in [0.4, 0.5) is 26.4 Å². The molecule has 10 nitrogen and oxygen atoms in total. The number of aromatic nitrogens is 3. The van der Waals surface area contributed by atoms with Gasteiger partial charge in [-0.3, -0.25) is 9.78 Å². The van der Waals surface area contributed by atoms with Crippen LogP contribution in [0.1, 0.15) is 10.4 Å². The zero-order valence-corrected chi connectivity index (χ0v) is 24.3. The predicted molar refractivity (Wildman–Crippen MR) is 168 cm³/mol. The Morgan fingerprint density at radius 2 is 1.59 bits per heavy atom. The number of amides is 3. The van der Waals surface area contributed by atoms with Gasteiger partial charge in [0.15, 0.2) is 5.82 Å². The van der Waals surface area contributed by atoms with Gasteiger partial charge in [-0.15, -0.1) is 0 Å². The Bertz CT molecular complexity index is 1830. The lowest BCUT2D eigenvalue weighted by molar-refractivity contribution is 0.0823. The van der Waals surface area contributed by atoms with Gasteiger partial charge in [-0.2, -0.15) is 0 Å². The Balaban J connectivity index is 1.24. The fourth-order valence-electron chi connectivity index (χ4n) is 4.95. The zero-order valence-electron chi connectivity index (χ0n) is 24.3. The van der Waals surface area contributed by atoms with Gasteiger partial charge in [-0.1, -0.05) is 12.1 Å². The van der Waals surface area contributed by atoms with Gasteiger partial charge in [0.05, 0.1) is 30.0 Å². The molecule has 222 valence electrons. The topological polar surface area (TPSA) is 113 Å². The van der Waals surface area contributed by atoms with Crippen LogP contribution in [0.5, 0.6) is 0 Å². The van der Waals surface area contributed by atoms with Gasteiger partial charge < -0.3 is 25.2 Å². The van der Waals surface area contributed by atoms with E-state index in [1.165, 1.54) is 17.0 Å². The molecule has 1 fully saturated rings. The number of nitrogens with zero attached hydrogens (tertiary/aromatic N) is 5. The second-order valence-electron chi connectivity index (χ2n) is 10.5. The van der Waals surface area contributed by atoms with Gasteiger partial charge in [-0.25, -0.2) is 19.2 Å². The quantitative estimate of drug-likeness (QED) is 0.261. The lowest BCUT2D eigenvalue weighted by Crippen LogP contribution is -2.37. The minimum absolute atomic E-state index is 0.0720. The fourth-order valence-corrected chi connectivity index (χ4v) is 4.95. The van der Waals surface area contributed by atoms with Crippen molar-refractivity contribution in [3.05, 3.63) is 96.4 Å². The lowest BCUT2D eigenvalue weighted by Gasteiger charge is -2.29. The van der Waals surface area contributed by atoms with Crippen molar-refractivity contribution in [1.82, 2.24) is 19.9 Å². The first-order chi connectivity index (χ1) is 21.4. The average molecular weight is 592 g/mol. The van der Waals surface area contributed by atoms with E-state index in [1.54, 1.807) is 32.4 Å². The molecule has 1 saturated heterocycles. The zero-order chi connectivity index (χ0) is 30.6. The fraction of sp³-hybridized carbons (Fsp3) is 0.182. The molecule has 44 heavy (non-hydrogen) atoms. The van der Waals surface area contributed by atoms with Crippen molar-refractivity contribution in [3.63, 3.8) is 0 Å². The molecule has 0 saturated carbocycles. The summed E-state index contributed by atoms with van der Waals surface area (Å²) in [5.41, 5.74) is 4.06. The number of benzene rings is 3. The van der Waals surface area contributed by atoms with E-state index in [-0.39, 0.29) is 11.3 Å². The van der Waals surface area contributed by atoms with Gasteiger partial charge in [0.1, 0.15) is 11.6 Å². The first kappa shape index (κ1) is 28.7. The maximum Gasteiger partial charge on any atom is 0.323 e. The second-order valence-corrected chi connectivity index (χ2v) is 10.5. The maximum absolute atomic E-state index is 14.5. The number of hydrogen-bond acceptors (Lipinski definition) is 7. The van der Waals surface area contributed by atoms with E-state index >= 15 is 0 Å². The molecule has 6 rings (SSSR count). The highest BCUT2D eigenvalue weighted by Crippen LogP contribution is 2.31. The molecular weight excluding hydrogens is 561 g/mol. The SMILES string of the molecule is CN(C)C(=O)c1ccc(NC(=O)Nc2ccc(-c3nc(N4CCOCC4)c4ccc(-c5ccccn5)cc4n3)cc2)cc1F. The molecule has 3 amide bonds. The number of pyridine rings is 1. The molecule has 2 N–H and O–H groups in total. The molecule has 11 heteroatoms. The van der Waals surface area contributed by atoms with Gasteiger partial charge in [0, 0.05) is 61.3 Å². The number of urea groups is 1. The maximum atomic E-state index is 14.5. The highest BCUT2D eigenvalue weighted by molar-refractivity contribution is 6.01. The van der Waals surface area contributed by atoms with Crippen molar-refractivity contribution in [2.24, 2.45) is 0 Å². The Hall–Kier alpha value is -5.42. The van der Waals surface area contributed by atoms with E-state index in [2.05, 4.69) is 20.5 Å². The highest BCUT2D eigenvalue weighted by Gasteiger charge is 2.19. The molecule has 0 unspecified atom stereocenters. The summed E-state index contributed by atoms with van der Waals surface area (Å²) in [5, 5.41) is 6.29. The standard InChI is InChI=1S/C33H30FN7O3/c1-40(2)32(42)25-13-11-24(20-27(25)34)37-33(43)36-23-9-6-21(7-10-23)30-38-29-19-22(28-5-3-4-14-35-28)8-12-26(29)31(39-30)41-15-17-44-18-16-41/h3-14,19-20H,15-18H2,1-2H3,(H2,36,37,43). The molecule has 3 heterocycles. The molecule has 3 aromatic carbocycles. The lowest BCUT2D eigenvalue weighted by atomic mass is 10.1. The van der Waals surface area contributed by atoms with Gasteiger partial charge >= 0.3 is 6.03 Å². The summed E-state index contributed by atoms with van der Waals surface area (Å²) in [7, 11) is 3.09. The van der Waals surface area contributed by atoms with E-state index in [0.717, 1.165) is 52.7 Å². The van der Waals surface area contributed by atoms with E-state index in [0.29, 0.717) is 24.7 Å². The molecule has 5 aromatic rings. The van der Waals surface area contributed by atoms with Crippen molar-refractivity contribution >= 4 is 40.0 Å². The van der Waals surface area contributed by atoms with E-state index in [4.69, 9.17) is 14.7 Å². The molecule has 1 aliphatic heterocycles. The first-order valence-corrected chi connectivity index (χ1v) is 14.1. The third-order valence-electron chi connectivity index (χ3n) is 7.21. The van der Waals surface area contributed by atoms with E-state index in [1.807, 2.05) is 48.5 Å². The van der Waals surface area contributed by atoms with Crippen molar-refractivity contribution in [2.75, 3.05) is 55.9 Å². The summed E-state index contributed by atoms with van der Waals surface area (Å²) in [4.78, 5) is 42.6. The van der Waals surface area contributed by atoms with E-state index in [9.17, 15) is 14.0 Å².